The van der Waals surface area contributed by atoms with Crippen molar-refractivity contribution in [1.29, 1.82) is 0 Å². The Labute approximate surface area is 166 Å². The summed E-state index contributed by atoms with van der Waals surface area (Å²) < 4.78 is 50.7. The minimum absolute atomic E-state index is 0.0726. The molecule has 1 aliphatic rings. The number of hydrogen-bond donors (Lipinski definition) is 1. The lowest BCUT2D eigenvalue weighted by atomic mass is 10.1. The zero-order chi connectivity index (χ0) is 20.1. The van der Waals surface area contributed by atoms with E-state index in [1.807, 2.05) is 0 Å². The molecule has 2 aromatic carbocycles. The summed E-state index contributed by atoms with van der Waals surface area (Å²) in [7, 11) is 0. The van der Waals surface area contributed by atoms with Gasteiger partial charge < -0.3 is 14.3 Å². The molecular formula is C20H14BrF3O4. The van der Waals surface area contributed by atoms with Crippen molar-refractivity contribution in [3.63, 3.8) is 0 Å². The lowest BCUT2D eigenvalue weighted by Gasteiger charge is -2.17. The van der Waals surface area contributed by atoms with Gasteiger partial charge in [0.25, 0.3) is 0 Å². The van der Waals surface area contributed by atoms with E-state index in [9.17, 15) is 18.0 Å². The van der Waals surface area contributed by atoms with Gasteiger partial charge >= 0.3 is 12.1 Å². The van der Waals surface area contributed by atoms with Crippen molar-refractivity contribution in [1.82, 2.24) is 0 Å². The quantitative estimate of drug-likeness (QED) is 0.532. The zero-order valence-corrected chi connectivity index (χ0v) is 15.9. The number of ether oxygens (including phenoxy) is 1. The molecule has 1 N–H and O–H groups in total. The first-order chi connectivity index (χ1) is 13.2. The van der Waals surface area contributed by atoms with Gasteiger partial charge in [-0.1, -0.05) is 6.07 Å². The van der Waals surface area contributed by atoms with Gasteiger partial charge in [-0.05, 0) is 58.1 Å². The molecule has 3 aromatic rings. The van der Waals surface area contributed by atoms with Gasteiger partial charge in [0, 0.05) is 21.5 Å². The van der Waals surface area contributed by atoms with Crippen molar-refractivity contribution in [3.05, 3.63) is 63.3 Å². The van der Waals surface area contributed by atoms with Crippen LogP contribution in [-0.4, -0.2) is 11.1 Å². The third-order valence-electron chi connectivity index (χ3n) is 4.84. The number of carboxylic acids is 1. The number of aliphatic carboxylic acids is 1. The van der Waals surface area contributed by atoms with Crippen LogP contribution in [0.5, 0.6) is 5.75 Å². The Balaban J connectivity index is 1.60. The van der Waals surface area contributed by atoms with Crippen molar-refractivity contribution in [2.24, 2.45) is 0 Å². The van der Waals surface area contributed by atoms with Crippen molar-refractivity contribution in [2.45, 2.75) is 31.5 Å². The van der Waals surface area contributed by atoms with E-state index in [2.05, 4.69) is 15.9 Å². The van der Waals surface area contributed by atoms with Crippen molar-refractivity contribution in [3.8, 4) is 5.75 Å². The van der Waals surface area contributed by atoms with Crippen LogP contribution < -0.4 is 4.74 Å². The molecule has 8 heteroatoms. The highest BCUT2D eigenvalue weighted by Crippen LogP contribution is 2.44. The standard InChI is InChI=1S/C20H14BrF3O4/c21-19-14-4-6-16(13(14)3-5-15(19)20(22,23)24)28-11-1-2-12-10(7-18(25)26)9-27-17(12)8-11/h1-3,5,8-9,16H,4,6-7H2,(H,25,26)/t16-/m1/s1. The summed E-state index contributed by atoms with van der Waals surface area (Å²) in [4.78, 5) is 10.9. The van der Waals surface area contributed by atoms with E-state index in [0.717, 1.165) is 11.6 Å². The largest absolute Gasteiger partial charge is 0.486 e. The number of carboxylic acid groups (broad SMARTS) is 1. The Hall–Kier alpha value is -2.48. The molecule has 0 aliphatic heterocycles. The van der Waals surface area contributed by atoms with E-state index in [4.69, 9.17) is 14.3 Å². The average Bonchev–Trinajstić information content (AvgIpc) is 3.19. The van der Waals surface area contributed by atoms with Crippen LogP contribution in [-0.2, 0) is 23.8 Å². The molecule has 0 fully saturated rings. The summed E-state index contributed by atoms with van der Waals surface area (Å²) in [6, 6.07) is 7.64. The predicted octanol–water partition coefficient (Wildman–Crippen LogP) is 5.91. The van der Waals surface area contributed by atoms with Crippen LogP contribution >= 0.6 is 15.9 Å². The van der Waals surface area contributed by atoms with E-state index in [-0.39, 0.29) is 17.0 Å². The van der Waals surface area contributed by atoms with Crippen LogP contribution in [0.1, 0.15) is 34.8 Å². The van der Waals surface area contributed by atoms with Crippen LogP contribution in [0.2, 0.25) is 0 Å². The third kappa shape index (κ3) is 3.37. The van der Waals surface area contributed by atoms with Crippen LogP contribution in [0.3, 0.4) is 0 Å². The highest BCUT2D eigenvalue weighted by atomic mass is 79.9. The van der Waals surface area contributed by atoms with Crippen molar-refractivity contribution >= 4 is 32.9 Å². The molecule has 4 rings (SSSR count). The maximum Gasteiger partial charge on any atom is 0.417 e. The third-order valence-corrected chi connectivity index (χ3v) is 5.74. The lowest BCUT2D eigenvalue weighted by Crippen LogP contribution is -2.09. The minimum atomic E-state index is -4.41. The SMILES string of the molecule is O=C(O)Cc1coc2cc(O[C@@H]3CCc4c3ccc(C(F)(F)F)c4Br)ccc12. The first kappa shape index (κ1) is 18.9. The average molecular weight is 455 g/mol. The Bertz CT molecular complexity index is 1070. The summed E-state index contributed by atoms with van der Waals surface area (Å²) in [5.74, 6) is -0.438. The fraction of sp³-hybridized carbons (Fsp3) is 0.250. The van der Waals surface area contributed by atoms with Crippen LogP contribution in [0, 0.1) is 0 Å². The molecule has 1 aliphatic carbocycles. The number of fused-ring (bicyclic) bond motifs is 2. The van der Waals surface area contributed by atoms with Crippen LogP contribution in [0.15, 0.2) is 45.5 Å². The van der Waals surface area contributed by atoms with Crippen LogP contribution in [0.25, 0.3) is 11.0 Å². The summed E-state index contributed by atoms with van der Waals surface area (Å²) in [6.07, 6.45) is -2.46. The fourth-order valence-corrected chi connectivity index (χ4v) is 4.35. The Kier molecular flexibility index (Phi) is 4.61. The predicted molar refractivity (Wildman–Crippen MR) is 98.4 cm³/mol. The molecule has 0 amide bonds. The normalized spacial score (nSPS) is 16.4. The van der Waals surface area contributed by atoms with Gasteiger partial charge in [0.15, 0.2) is 0 Å². The number of halogens is 4. The first-order valence-corrected chi connectivity index (χ1v) is 9.30. The van der Waals surface area contributed by atoms with E-state index >= 15 is 0 Å². The Morgan fingerprint density at radius 1 is 1.29 bits per heavy atom. The molecule has 1 heterocycles. The summed E-state index contributed by atoms with van der Waals surface area (Å²) in [6.45, 7) is 0. The summed E-state index contributed by atoms with van der Waals surface area (Å²) in [5, 5.41) is 9.63. The van der Waals surface area contributed by atoms with Crippen molar-refractivity contribution in [2.75, 3.05) is 0 Å². The second-order valence-corrected chi connectivity index (χ2v) is 7.42. The van der Waals surface area contributed by atoms with E-state index < -0.39 is 17.7 Å². The Morgan fingerprint density at radius 2 is 2.07 bits per heavy atom. The molecule has 1 atom stereocenters. The molecule has 0 saturated heterocycles. The molecule has 0 spiro atoms. The van der Waals surface area contributed by atoms with Gasteiger partial charge in [0.2, 0.25) is 0 Å². The second-order valence-electron chi connectivity index (χ2n) is 6.63. The number of alkyl halides is 3. The highest BCUT2D eigenvalue weighted by molar-refractivity contribution is 9.10. The topological polar surface area (TPSA) is 59.7 Å². The monoisotopic (exact) mass is 454 g/mol. The smallest absolute Gasteiger partial charge is 0.417 e. The van der Waals surface area contributed by atoms with Gasteiger partial charge in [-0.25, -0.2) is 0 Å². The van der Waals surface area contributed by atoms with E-state index in [1.165, 1.54) is 12.3 Å². The van der Waals surface area contributed by atoms with E-state index in [1.54, 1.807) is 18.2 Å². The molecule has 0 unspecified atom stereocenters. The number of furan rings is 1. The maximum absolute atomic E-state index is 13.1. The molecule has 146 valence electrons. The van der Waals surface area contributed by atoms with Gasteiger partial charge in [0.05, 0.1) is 18.2 Å². The number of carbonyl (C=O) groups is 1. The number of benzene rings is 2. The Morgan fingerprint density at radius 3 is 2.79 bits per heavy atom. The summed E-state index contributed by atoms with van der Waals surface area (Å²) >= 11 is 3.10. The van der Waals surface area contributed by atoms with Gasteiger partial charge in [-0.15, -0.1) is 0 Å². The molecule has 0 bridgehead atoms. The van der Waals surface area contributed by atoms with Crippen LogP contribution in [0.4, 0.5) is 13.2 Å². The first-order valence-electron chi connectivity index (χ1n) is 8.51. The second kappa shape index (κ2) is 6.84. The summed E-state index contributed by atoms with van der Waals surface area (Å²) in [5.41, 5.74) is 1.73. The number of hydrogen-bond acceptors (Lipinski definition) is 3. The molecular weight excluding hydrogens is 441 g/mol. The van der Waals surface area contributed by atoms with Gasteiger partial charge in [0.1, 0.15) is 17.4 Å². The van der Waals surface area contributed by atoms with Crippen molar-refractivity contribution < 1.29 is 32.2 Å². The minimum Gasteiger partial charge on any atom is -0.486 e. The molecule has 0 radical (unpaired) electrons. The maximum atomic E-state index is 13.1. The van der Waals surface area contributed by atoms with Gasteiger partial charge in [-0.3, -0.25) is 4.79 Å². The molecule has 0 saturated carbocycles. The molecule has 1 aromatic heterocycles. The van der Waals surface area contributed by atoms with Gasteiger partial charge in [-0.2, -0.15) is 13.2 Å². The zero-order valence-electron chi connectivity index (χ0n) is 14.3. The molecule has 4 nitrogen and oxygen atoms in total. The fourth-order valence-electron chi connectivity index (χ4n) is 3.57. The highest BCUT2D eigenvalue weighted by Gasteiger charge is 2.36. The van der Waals surface area contributed by atoms with E-state index in [0.29, 0.717) is 40.7 Å². The number of rotatable bonds is 4. The lowest BCUT2D eigenvalue weighted by molar-refractivity contribution is -0.138. The molecule has 28 heavy (non-hydrogen) atoms.